The molecule has 0 heterocycles. The van der Waals surface area contributed by atoms with Gasteiger partial charge in [-0.05, 0) is 95.0 Å². The Hall–Kier alpha value is -0.980. The maximum absolute atomic E-state index is 10.4. The van der Waals surface area contributed by atoms with Crippen molar-refractivity contribution >= 4 is 0 Å². The minimum atomic E-state index is -0.718. The van der Waals surface area contributed by atoms with Gasteiger partial charge in [-0.25, -0.2) is 0 Å². The number of aliphatic hydroxyl groups excluding tert-OH is 3. The van der Waals surface area contributed by atoms with Gasteiger partial charge in [0.25, 0.3) is 0 Å². The Morgan fingerprint density at radius 3 is 2.47 bits per heavy atom. The predicted molar refractivity (Wildman–Crippen MR) is 127 cm³/mol. The number of ether oxygens (including phenoxy) is 1. The molecular formula is C27H44O5. The number of fused-ring (bicyclic) bond motifs is 1. The summed E-state index contributed by atoms with van der Waals surface area (Å²) in [6.45, 7) is 8.72. The topological polar surface area (TPSA) is 90.2 Å². The van der Waals surface area contributed by atoms with Crippen LogP contribution in [0.25, 0.3) is 0 Å². The second kappa shape index (κ2) is 10.5. The van der Waals surface area contributed by atoms with Crippen molar-refractivity contribution < 1.29 is 25.2 Å². The van der Waals surface area contributed by atoms with Crippen molar-refractivity contribution in [3.05, 3.63) is 34.9 Å². The van der Waals surface area contributed by atoms with Crippen LogP contribution in [-0.4, -0.2) is 57.6 Å². The van der Waals surface area contributed by atoms with Gasteiger partial charge in [0.05, 0.1) is 30.5 Å². The van der Waals surface area contributed by atoms with Crippen LogP contribution in [0.5, 0.6) is 0 Å². The number of rotatable bonds is 7. The molecule has 0 amide bonds. The van der Waals surface area contributed by atoms with Crippen LogP contribution in [0.1, 0.15) is 79.1 Å². The summed E-state index contributed by atoms with van der Waals surface area (Å²) in [5.41, 5.74) is 2.65. The Labute approximate surface area is 193 Å². The lowest BCUT2D eigenvalue weighted by Crippen LogP contribution is -2.39. The number of allylic oxidation sites excluding steroid dienone is 3. The minimum Gasteiger partial charge on any atom is -0.392 e. The molecule has 3 aliphatic rings. The number of hydrogen-bond donors (Lipinski definition) is 4. The fourth-order valence-electron chi connectivity index (χ4n) is 6.44. The van der Waals surface area contributed by atoms with Gasteiger partial charge in [0.15, 0.2) is 0 Å². The van der Waals surface area contributed by atoms with Gasteiger partial charge in [0, 0.05) is 6.61 Å². The molecule has 0 spiro atoms. The lowest BCUT2D eigenvalue weighted by atomic mass is 9.62. The molecule has 0 aromatic carbocycles. The van der Waals surface area contributed by atoms with E-state index in [9.17, 15) is 15.3 Å². The molecule has 0 bridgehead atoms. The van der Waals surface area contributed by atoms with Gasteiger partial charge in [-0.1, -0.05) is 36.3 Å². The van der Waals surface area contributed by atoms with Crippen molar-refractivity contribution in [2.24, 2.45) is 17.3 Å². The molecular weight excluding hydrogens is 404 g/mol. The summed E-state index contributed by atoms with van der Waals surface area (Å²) < 4.78 is 6.19. The first-order valence-corrected chi connectivity index (χ1v) is 12.4. The van der Waals surface area contributed by atoms with E-state index in [0.717, 1.165) is 12.0 Å². The molecule has 0 aromatic heterocycles. The lowest BCUT2D eigenvalue weighted by molar-refractivity contribution is -0.0454. The summed E-state index contributed by atoms with van der Waals surface area (Å²) in [6, 6.07) is 0. The minimum absolute atomic E-state index is 0.159. The van der Waals surface area contributed by atoms with Crippen LogP contribution in [0.2, 0.25) is 0 Å². The summed E-state index contributed by atoms with van der Waals surface area (Å²) in [5, 5.41) is 39.8. The molecule has 4 N–H and O–H groups in total. The Bertz CT molecular complexity index is 715. The molecule has 3 unspecified atom stereocenters. The Balaban J connectivity index is 1.67. The highest BCUT2D eigenvalue weighted by molar-refractivity contribution is 5.30. The van der Waals surface area contributed by atoms with Crippen LogP contribution < -0.4 is 0 Å². The SMILES string of the molecule is C[C@@H](OCCC(C)(C)O)C1CCC2C(=CC=C3C[C@@H](O)C(=CCO)[C@H](O)C3)CCCC21C. The monoisotopic (exact) mass is 448 g/mol. The highest BCUT2D eigenvalue weighted by atomic mass is 16.5. The number of aliphatic hydroxyl groups is 4. The zero-order valence-corrected chi connectivity index (χ0v) is 20.4. The van der Waals surface area contributed by atoms with Gasteiger partial charge in [0.2, 0.25) is 0 Å². The van der Waals surface area contributed by atoms with E-state index in [0.29, 0.717) is 43.3 Å². The summed E-state index contributed by atoms with van der Waals surface area (Å²) in [5.74, 6) is 1.08. The summed E-state index contributed by atoms with van der Waals surface area (Å²) in [6.07, 6.45) is 12.2. The van der Waals surface area contributed by atoms with E-state index >= 15 is 0 Å². The molecule has 3 rings (SSSR count). The van der Waals surface area contributed by atoms with Crippen molar-refractivity contribution in [2.45, 2.75) is 103 Å². The van der Waals surface area contributed by atoms with Crippen molar-refractivity contribution in [1.29, 1.82) is 0 Å². The number of hydrogen-bond acceptors (Lipinski definition) is 5. The zero-order chi connectivity index (χ0) is 23.5. The molecule has 3 saturated carbocycles. The highest BCUT2D eigenvalue weighted by Crippen LogP contribution is 2.58. The molecule has 32 heavy (non-hydrogen) atoms. The average molecular weight is 449 g/mol. The maximum Gasteiger partial charge on any atom is 0.0813 e. The van der Waals surface area contributed by atoms with Gasteiger partial charge < -0.3 is 25.2 Å². The molecule has 0 saturated heterocycles. The molecule has 0 aromatic rings. The maximum atomic E-state index is 10.4. The van der Waals surface area contributed by atoms with Crippen LogP contribution in [0.15, 0.2) is 34.9 Å². The van der Waals surface area contributed by atoms with E-state index in [1.165, 1.54) is 37.3 Å². The van der Waals surface area contributed by atoms with Crippen LogP contribution in [0.3, 0.4) is 0 Å². The van der Waals surface area contributed by atoms with E-state index in [4.69, 9.17) is 9.84 Å². The second-order valence-electron chi connectivity index (χ2n) is 11.1. The standard InChI is InChI=1S/C27H44O5/c1-18(32-15-13-26(2,3)31)22-9-10-23-20(6-5-12-27(22,23)4)8-7-19-16-24(29)21(11-14-28)25(30)17-19/h7-8,11,18,22-25,28-31H,5-6,9-10,12-17H2,1-4H3/t18-,22?,23?,24-,25-,27?/m1/s1. The van der Waals surface area contributed by atoms with Gasteiger partial charge in [0.1, 0.15) is 0 Å². The molecule has 0 radical (unpaired) electrons. The molecule has 3 aliphatic carbocycles. The smallest absolute Gasteiger partial charge is 0.0813 e. The second-order valence-corrected chi connectivity index (χ2v) is 11.1. The molecule has 3 fully saturated rings. The van der Waals surface area contributed by atoms with Gasteiger partial charge in [-0.3, -0.25) is 0 Å². The molecule has 5 nitrogen and oxygen atoms in total. The van der Waals surface area contributed by atoms with Crippen LogP contribution in [-0.2, 0) is 4.74 Å². The highest BCUT2D eigenvalue weighted by Gasteiger charge is 2.51. The zero-order valence-electron chi connectivity index (χ0n) is 20.4. The molecule has 5 heteroatoms. The first-order chi connectivity index (χ1) is 15.0. The van der Waals surface area contributed by atoms with Crippen molar-refractivity contribution in [2.75, 3.05) is 13.2 Å². The summed E-state index contributed by atoms with van der Waals surface area (Å²) in [4.78, 5) is 0. The van der Waals surface area contributed by atoms with E-state index in [1.54, 1.807) is 0 Å². The summed E-state index contributed by atoms with van der Waals surface area (Å²) in [7, 11) is 0. The van der Waals surface area contributed by atoms with E-state index < -0.39 is 17.8 Å². The van der Waals surface area contributed by atoms with E-state index in [-0.39, 0.29) is 18.1 Å². The Kier molecular flexibility index (Phi) is 8.43. The van der Waals surface area contributed by atoms with Crippen molar-refractivity contribution in [3.8, 4) is 0 Å². The summed E-state index contributed by atoms with van der Waals surface area (Å²) >= 11 is 0. The van der Waals surface area contributed by atoms with Crippen LogP contribution in [0.4, 0.5) is 0 Å². The van der Waals surface area contributed by atoms with Gasteiger partial charge >= 0.3 is 0 Å². The third kappa shape index (κ3) is 5.92. The third-order valence-electron chi connectivity index (χ3n) is 8.24. The van der Waals surface area contributed by atoms with Crippen molar-refractivity contribution in [3.63, 3.8) is 0 Å². The third-order valence-corrected chi connectivity index (χ3v) is 8.24. The van der Waals surface area contributed by atoms with Gasteiger partial charge in [-0.15, -0.1) is 0 Å². The average Bonchev–Trinajstić information content (AvgIpc) is 3.05. The first-order valence-electron chi connectivity index (χ1n) is 12.4. The van der Waals surface area contributed by atoms with E-state index in [2.05, 4.69) is 26.0 Å². The van der Waals surface area contributed by atoms with Crippen LogP contribution >= 0.6 is 0 Å². The predicted octanol–water partition coefficient (Wildman–Crippen LogP) is 4.06. The quantitative estimate of drug-likeness (QED) is 0.441. The van der Waals surface area contributed by atoms with Gasteiger partial charge in [-0.2, -0.15) is 0 Å². The Morgan fingerprint density at radius 2 is 1.84 bits per heavy atom. The fraction of sp³-hybridized carbons (Fsp3) is 0.778. The van der Waals surface area contributed by atoms with Crippen LogP contribution in [0, 0.1) is 17.3 Å². The van der Waals surface area contributed by atoms with Crippen molar-refractivity contribution in [1.82, 2.24) is 0 Å². The molecule has 182 valence electrons. The molecule has 0 aliphatic heterocycles. The fourth-order valence-corrected chi connectivity index (χ4v) is 6.44. The lowest BCUT2D eigenvalue weighted by Gasteiger charge is -2.44. The first kappa shape index (κ1) is 25.6. The Morgan fingerprint density at radius 1 is 1.16 bits per heavy atom. The normalized spacial score (nSPS) is 35.7. The van der Waals surface area contributed by atoms with E-state index in [1.807, 2.05) is 13.8 Å². The molecule has 6 atom stereocenters. The largest absolute Gasteiger partial charge is 0.392 e.